The van der Waals surface area contributed by atoms with E-state index in [9.17, 15) is 19.6 Å². The Labute approximate surface area is 169 Å². The first-order chi connectivity index (χ1) is 13.5. The zero-order valence-corrected chi connectivity index (χ0v) is 17.1. The van der Waals surface area contributed by atoms with Crippen molar-refractivity contribution in [1.82, 2.24) is 0 Å². The smallest absolute Gasteiger partial charge is 0.340 e. The Bertz CT molecular complexity index is 958. The number of fused-ring (bicyclic) bond motifs is 1. The van der Waals surface area contributed by atoms with Crippen LogP contribution in [-0.2, 0) is 15.8 Å². The molecular formula is C22H22O4PS+. The van der Waals surface area contributed by atoms with Crippen molar-refractivity contribution in [2.45, 2.75) is 16.9 Å². The number of thioether (sulfide) groups is 1. The number of hydrogen-bond acceptors (Lipinski definition) is 4. The molecule has 0 aliphatic heterocycles. The van der Waals surface area contributed by atoms with Crippen LogP contribution >= 0.6 is 20.2 Å². The highest BCUT2D eigenvalue weighted by atomic mass is 32.2. The number of hydrogen-bond donors (Lipinski definition) is 2. The average Bonchev–Trinajstić information content (AvgIpc) is 2.71. The van der Waals surface area contributed by atoms with E-state index in [4.69, 9.17) is 0 Å². The fourth-order valence-corrected chi connectivity index (χ4v) is 5.23. The molecule has 0 spiro atoms. The molecule has 0 saturated heterocycles. The zero-order chi connectivity index (χ0) is 20.0. The fraction of sp³-hybridized carbons (Fsp3) is 0.227. The van der Waals surface area contributed by atoms with E-state index >= 15 is 0 Å². The van der Waals surface area contributed by atoms with Gasteiger partial charge in [-0.15, -0.1) is 11.8 Å². The first kappa shape index (κ1) is 20.5. The summed E-state index contributed by atoms with van der Waals surface area (Å²) in [7, 11) is -0.879. The molecule has 3 rings (SSSR count). The molecule has 3 atom stereocenters. The van der Waals surface area contributed by atoms with Gasteiger partial charge >= 0.3 is 14.4 Å². The number of aliphatic carboxylic acids is 1. The summed E-state index contributed by atoms with van der Waals surface area (Å²) in [6.45, 7) is 0. The third kappa shape index (κ3) is 4.61. The lowest BCUT2D eigenvalue weighted by Crippen LogP contribution is -2.49. The quantitative estimate of drug-likeness (QED) is 0.395. The lowest BCUT2D eigenvalue weighted by Gasteiger charge is -2.29. The number of carbonyl (C=O) groups is 1. The van der Waals surface area contributed by atoms with E-state index < -0.39 is 25.9 Å². The van der Waals surface area contributed by atoms with Gasteiger partial charge in [-0.1, -0.05) is 71.3 Å². The Kier molecular flexibility index (Phi) is 6.84. The number of carboxylic acids is 1. The van der Waals surface area contributed by atoms with Crippen molar-refractivity contribution in [2.75, 3.05) is 11.9 Å². The first-order valence-corrected chi connectivity index (χ1v) is 11.1. The molecule has 0 saturated carbocycles. The molecular weight excluding hydrogens is 391 g/mol. The van der Waals surface area contributed by atoms with E-state index in [1.54, 1.807) is 0 Å². The minimum atomic E-state index is -2.03. The van der Waals surface area contributed by atoms with Crippen LogP contribution in [0, 0.1) is 5.92 Å². The highest BCUT2D eigenvalue weighted by Gasteiger charge is 2.47. The normalized spacial score (nSPS) is 14.6. The lowest BCUT2D eigenvalue weighted by atomic mass is 9.85. The molecule has 0 heterocycles. The van der Waals surface area contributed by atoms with Crippen LogP contribution in [0.25, 0.3) is 10.8 Å². The van der Waals surface area contributed by atoms with E-state index in [1.165, 1.54) is 11.8 Å². The summed E-state index contributed by atoms with van der Waals surface area (Å²) in [5.41, 5.74) is -1.09. The first-order valence-electron chi connectivity index (χ1n) is 9.00. The standard InChI is InChI=1S/C22H21O4PS/c23-21(24)22(25,15-27-26)18(13-16-7-2-1-3-8-16)14-28-20-12-6-10-17-9-4-5-11-19(17)20/h1-12,18,25H,13-15H2,(H,23,24)/p+1. The van der Waals surface area contributed by atoms with Gasteiger partial charge in [0.2, 0.25) is 5.60 Å². The summed E-state index contributed by atoms with van der Waals surface area (Å²) in [6.07, 6.45) is 0.113. The van der Waals surface area contributed by atoms with Gasteiger partial charge in [-0.25, -0.2) is 4.79 Å². The van der Waals surface area contributed by atoms with E-state index in [0.717, 1.165) is 21.2 Å². The van der Waals surface area contributed by atoms with Gasteiger partial charge in [0.15, 0.2) is 6.16 Å². The van der Waals surface area contributed by atoms with Crippen LogP contribution in [0.5, 0.6) is 0 Å². The van der Waals surface area contributed by atoms with E-state index in [2.05, 4.69) is 0 Å². The molecule has 3 aromatic rings. The molecule has 0 aromatic heterocycles. The minimum absolute atomic E-state index is 0.282. The van der Waals surface area contributed by atoms with Gasteiger partial charge in [0, 0.05) is 16.6 Å². The molecule has 2 N–H and O–H groups in total. The average molecular weight is 413 g/mol. The maximum atomic E-state index is 11.9. The van der Waals surface area contributed by atoms with Crippen molar-refractivity contribution < 1.29 is 19.6 Å². The fourth-order valence-electron chi connectivity index (χ4n) is 3.28. The Morgan fingerprint density at radius 1 is 1.00 bits per heavy atom. The van der Waals surface area contributed by atoms with Crippen molar-refractivity contribution in [3.05, 3.63) is 78.4 Å². The van der Waals surface area contributed by atoms with Crippen molar-refractivity contribution >= 4 is 37.0 Å². The topological polar surface area (TPSA) is 74.6 Å². The van der Waals surface area contributed by atoms with Gasteiger partial charge in [-0.05, 0) is 28.8 Å². The molecule has 0 amide bonds. The van der Waals surface area contributed by atoms with Gasteiger partial charge in [0.1, 0.15) is 0 Å². The second-order valence-electron chi connectivity index (χ2n) is 6.73. The van der Waals surface area contributed by atoms with E-state index in [1.807, 2.05) is 72.8 Å². The maximum Gasteiger partial charge on any atom is 0.340 e. The number of rotatable bonds is 9. The molecule has 3 unspecified atom stereocenters. The molecule has 0 aliphatic rings. The number of carboxylic acid groups (broad SMARTS) is 1. The zero-order valence-electron chi connectivity index (χ0n) is 15.2. The van der Waals surface area contributed by atoms with Crippen LogP contribution in [0.4, 0.5) is 0 Å². The van der Waals surface area contributed by atoms with Crippen molar-refractivity contribution in [3.8, 4) is 0 Å². The SMILES string of the molecule is O=[PH+]CC(O)(C(=O)O)C(CSc1cccc2ccccc12)Cc1ccccc1. The van der Waals surface area contributed by atoms with Crippen LogP contribution in [0.1, 0.15) is 5.56 Å². The number of benzene rings is 3. The molecule has 0 bridgehead atoms. The van der Waals surface area contributed by atoms with Gasteiger partial charge < -0.3 is 10.2 Å². The second kappa shape index (κ2) is 9.33. The molecule has 144 valence electrons. The predicted octanol–water partition coefficient (Wildman–Crippen LogP) is 4.63. The molecule has 3 aromatic carbocycles. The maximum absolute atomic E-state index is 11.9. The lowest BCUT2D eigenvalue weighted by molar-refractivity contribution is -0.160. The Morgan fingerprint density at radius 3 is 2.39 bits per heavy atom. The minimum Gasteiger partial charge on any atom is -0.479 e. The van der Waals surface area contributed by atoms with Gasteiger partial charge in [-0.2, -0.15) is 0 Å². The molecule has 4 nitrogen and oxygen atoms in total. The van der Waals surface area contributed by atoms with Gasteiger partial charge in [0.25, 0.3) is 0 Å². The third-order valence-corrected chi connectivity index (χ3v) is 6.82. The highest BCUT2D eigenvalue weighted by molar-refractivity contribution is 7.99. The second-order valence-corrected chi connectivity index (χ2v) is 8.43. The third-order valence-electron chi connectivity index (χ3n) is 4.90. The number of aliphatic hydroxyl groups is 1. The van der Waals surface area contributed by atoms with Gasteiger partial charge in [-0.3, -0.25) is 0 Å². The summed E-state index contributed by atoms with van der Waals surface area (Å²) < 4.78 is 11.3. The van der Waals surface area contributed by atoms with E-state index in [-0.39, 0.29) is 6.16 Å². The summed E-state index contributed by atoms with van der Waals surface area (Å²) >= 11 is 1.53. The largest absolute Gasteiger partial charge is 0.479 e. The summed E-state index contributed by atoms with van der Waals surface area (Å²) in [5, 5.41) is 22.8. The van der Waals surface area contributed by atoms with Crippen LogP contribution < -0.4 is 0 Å². The van der Waals surface area contributed by atoms with Gasteiger partial charge in [0.05, 0.1) is 0 Å². The van der Waals surface area contributed by atoms with Crippen molar-refractivity contribution in [2.24, 2.45) is 5.92 Å². The highest BCUT2D eigenvalue weighted by Crippen LogP contribution is 2.34. The molecule has 28 heavy (non-hydrogen) atoms. The van der Waals surface area contributed by atoms with Crippen LogP contribution in [-0.4, -0.2) is 33.7 Å². The molecule has 0 aliphatic carbocycles. The molecule has 0 fully saturated rings. The summed E-state index contributed by atoms with van der Waals surface area (Å²) in [5.74, 6) is -1.51. The summed E-state index contributed by atoms with van der Waals surface area (Å²) in [4.78, 5) is 12.9. The Morgan fingerprint density at radius 2 is 1.68 bits per heavy atom. The predicted molar refractivity (Wildman–Crippen MR) is 115 cm³/mol. The Balaban J connectivity index is 1.90. The van der Waals surface area contributed by atoms with Crippen molar-refractivity contribution in [3.63, 3.8) is 0 Å². The summed E-state index contributed by atoms with van der Waals surface area (Å²) in [6, 6.07) is 23.5. The van der Waals surface area contributed by atoms with E-state index in [0.29, 0.717) is 12.2 Å². The monoisotopic (exact) mass is 413 g/mol. The van der Waals surface area contributed by atoms with Crippen LogP contribution in [0.2, 0.25) is 0 Å². The van der Waals surface area contributed by atoms with Crippen molar-refractivity contribution in [1.29, 1.82) is 0 Å². The van der Waals surface area contributed by atoms with Crippen LogP contribution in [0.15, 0.2) is 77.7 Å². The Hall–Kier alpha value is -2.20. The van der Waals surface area contributed by atoms with Crippen LogP contribution in [0.3, 0.4) is 0 Å². The molecule has 0 radical (unpaired) electrons. The molecule has 6 heteroatoms.